The van der Waals surface area contributed by atoms with E-state index in [1.54, 1.807) is 25.3 Å². The summed E-state index contributed by atoms with van der Waals surface area (Å²) in [6.07, 6.45) is 0. The fourth-order valence-corrected chi connectivity index (χ4v) is 1.59. The lowest BCUT2D eigenvalue weighted by molar-refractivity contribution is -0.157. The number of carbonyl (C=O) groups is 1. The maximum absolute atomic E-state index is 11.5. The monoisotopic (exact) mass is 316 g/mol. The third-order valence-electron chi connectivity index (χ3n) is 1.90. The Balaban J connectivity index is 2.60. The number of benzene rings is 1. The molecule has 0 aliphatic carbocycles. The molecule has 0 aliphatic heterocycles. The molecule has 0 aliphatic rings. The zero-order valence-corrected chi connectivity index (χ0v) is 12.5. The lowest BCUT2D eigenvalue weighted by atomic mass is 10.2. The topological polar surface area (TPSA) is 44.8 Å². The fraction of sp³-hybridized carbons (Fsp3) is 0.462. The van der Waals surface area contributed by atoms with Gasteiger partial charge in [-0.2, -0.15) is 0 Å². The van der Waals surface area contributed by atoms with Crippen LogP contribution in [0.15, 0.2) is 22.7 Å². The molecule has 0 unspecified atom stereocenters. The van der Waals surface area contributed by atoms with Gasteiger partial charge in [0.05, 0.1) is 11.6 Å². The molecule has 4 nitrogen and oxygen atoms in total. The highest BCUT2D eigenvalue weighted by atomic mass is 79.9. The van der Waals surface area contributed by atoms with E-state index >= 15 is 0 Å². The van der Waals surface area contributed by atoms with Crippen molar-refractivity contribution < 1.29 is 19.0 Å². The van der Waals surface area contributed by atoms with Gasteiger partial charge in [-0.05, 0) is 48.8 Å². The normalized spacial score (nSPS) is 10.9. The van der Waals surface area contributed by atoms with Crippen molar-refractivity contribution in [2.45, 2.75) is 26.4 Å². The van der Waals surface area contributed by atoms with E-state index in [2.05, 4.69) is 15.9 Å². The van der Waals surface area contributed by atoms with Crippen LogP contribution in [0.2, 0.25) is 0 Å². The summed E-state index contributed by atoms with van der Waals surface area (Å²) < 4.78 is 16.4. The fourth-order valence-electron chi connectivity index (χ4n) is 1.23. The lowest BCUT2D eigenvalue weighted by Crippen LogP contribution is -2.27. The van der Waals surface area contributed by atoms with E-state index in [1.807, 2.05) is 20.8 Å². The molecule has 1 aromatic rings. The Kier molecular flexibility index (Phi) is 5.02. The molecule has 100 valence electrons. The standard InChI is InChI=1S/C13H17BrO4/c1-13(2,3)18-12(15)8-17-11-7-9(16-4)5-6-10(11)14/h5-7H,8H2,1-4H3. The third kappa shape index (κ3) is 4.96. The van der Waals surface area contributed by atoms with E-state index in [4.69, 9.17) is 14.2 Å². The molecule has 0 radical (unpaired) electrons. The highest BCUT2D eigenvalue weighted by Crippen LogP contribution is 2.29. The van der Waals surface area contributed by atoms with Crippen molar-refractivity contribution in [2.75, 3.05) is 13.7 Å². The van der Waals surface area contributed by atoms with Crippen LogP contribution in [0.4, 0.5) is 0 Å². The summed E-state index contributed by atoms with van der Waals surface area (Å²) in [5, 5.41) is 0. The highest BCUT2D eigenvalue weighted by Gasteiger charge is 2.17. The molecular formula is C13H17BrO4. The summed E-state index contributed by atoms with van der Waals surface area (Å²) in [5.74, 6) is 0.801. The van der Waals surface area contributed by atoms with E-state index in [9.17, 15) is 4.79 Å². The van der Waals surface area contributed by atoms with Crippen molar-refractivity contribution in [3.63, 3.8) is 0 Å². The average molecular weight is 317 g/mol. The van der Waals surface area contributed by atoms with Crippen LogP contribution in [-0.4, -0.2) is 25.3 Å². The van der Waals surface area contributed by atoms with E-state index in [0.29, 0.717) is 11.5 Å². The summed E-state index contributed by atoms with van der Waals surface area (Å²) in [7, 11) is 1.57. The van der Waals surface area contributed by atoms with Gasteiger partial charge < -0.3 is 14.2 Å². The minimum atomic E-state index is -0.508. The van der Waals surface area contributed by atoms with E-state index < -0.39 is 11.6 Å². The van der Waals surface area contributed by atoms with Gasteiger partial charge >= 0.3 is 5.97 Å². The number of ether oxygens (including phenoxy) is 3. The summed E-state index contributed by atoms with van der Waals surface area (Å²) in [4.78, 5) is 11.5. The van der Waals surface area contributed by atoms with Crippen LogP contribution >= 0.6 is 15.9 Å². The van der Waals surface area contributed by atoms with Crippen molar-refractivity contribution >= 4 is 21.9 Å². The predicted molar refractivity (Wildman–Crippen MR) is 72.0 cm³/mol. The smallest absolute Gasteiger partial charge is 0.344 e. The quantitative estimate of drug-likeness (QED) is 0.800. The lowest BCUT2D eigenvalue weighted by Gasteiger charge is -2.19. The first-order valence-corrected chi connectivity index (χ1v) is 6.29. The molecule has 0 aromatic heterocycles. The highest BCUT2D eigenvalue weighted by molar-refractivity contribution is 9.10. The van der Waals surface area contributed by atoms with Gasteiger partial charge in [0.1, 0.15) is 17.1 Å². The SMILES string of the molecule is COc1ccc(Br)c(OCC(=O)OC(C)(C)C)c1. The molecule has 1 aromatic carbocycles. The van der Waals surface area contributed by atoms with E-state index in [1.165, 1.54) is 0 Å². The van der Waals surface area contributed by atoms with Crippen LogP contribution in [0.5, 0.6) is 11.5 Å². The molecule has 0 fully saturated rings. The Bertz CT molecular complexity index is 423. The van der Waals surface area contributed by atoms with Gasteiger partial charge in [-0.15, -0.1) is 0 Å². The number of hydrogen-bond acceptors (Lipinski definition) is 4. The molecule has 0 heterocycles. The molecule has 0 saturated heterocycles. The van der Waals surface area contributed by atoms with Crippen LogP contribution in [0.25, 0.3) is 0 Å². The summed E-state index contributed by atoms with van der Waals surface area (Å²) in [6, 6.07) is 5.29. The number of hydrogen-bond donors (Lipinski definition) is 0. The molecule has 0 N–H and O–H groups in total. The van der Waals surface area contributed by atoms with Crippen molar-refractivity contribution in [3.05, 3.63) is 22.7 Å². The first-order chi connectivity index (χ1) is 8.31. The minimum absolute atomic E-state index is 0.136. The Morgan fingerprint density at radius 2 is 2.00 bits per heavy atom. The Morgan fingerprint density at radius 3 is 2.56 bits per heavy atom. The molecule has 0 atom stereocenters. The third-order valence-corrected chi connectivity index (χ3v) is 2.56. The molecule has 5 heteroatoms. The maximum atomic E-state index is 11.5. The first kappa shape index (κ1) is 14.8. The van der Waals surface area contributed by atoms with Crippen LogP contribution in [0.3, 0.4) is 0 Å². The first-order valence-electron chi connectivity index (χ1n) is 5.50. The van der Waals surface area contributed by atoms with Crippen molar-refractivity contribution in [1.29, 1.82) is 0 Å². The van der Waals surface area contributed by atoms with Crippen LogP contribution in [0.1, 0.15) is 20.8 Å². The number of methoxy groups -OCH3 is 1. The maximum Gasteiger partial charge on any atom is 0.344 e. The molecule has 0 spiro atoms. The van der Waals surface area contributed by atoms with Gasteiger partial charge in [0.15, 0.2) is 6.61 Å². The van der Waals surface area contributed by atoms with Gasteiger partial charge in [-0.1, -0.05) is 0 Å². The van der Waals surface area contributed by atoms with Gasteiger partial charge in [0, 0.05) is 6.07 Å². The Morgan fingerprint density at radius 1 is 1.33 bits per heavy atom. The van der Waals surface area contributed by atoms with Crippen molar-refractivity contribution in [3.8, 4) is 11.5 Å². The van der Waals surface area contributed by atoms with Gasteiger partial charge in [-0.25, -0.2) is 4.79 Å². The molecule has 1 rings (SSSR count). The average Bonchev–Trinajstić information content (AvgIpc) is 2.25. The molecular weight excluding hydrogens is 300 g/mol. The summed E-state index contributed by atoms with van der Waals surface area (Å²) in [5.41, 5.74) is -0.508. The van der Waals surface area contributed by atoms with Gasteiger partial charge in [0.25, 0.3) is 0 Å². The zero-order valence-electron chi connectivity index (χ0n) is 11.0. The zero-order chi connectivity index (χ0) is 13.8. The molecule has 0 amide bonds. The van der Waals surface area contributed by atoms with Crippen molar-refractivity contribution in [2.24, 2.45) is 0 Å². The van der Waals surface area contributed by atoms with Crippen LogP contribution in [-0.2, 0) is 9.53 Å². The second-order valence-corrected chi connectivity index (χ2v) is 5.53. The molecule has 18 heavy (non-hydrogen) atoms. The minimum Gasteiger partial charge on any atom is -0.497 e. The van der Waals surface area contributed by atoms with E-state index in [0.717, 1.165) is 4.47 Å². The van der Waals surface area contributed by atoms with Crippen molar-refractivity contribution in [1.82, 2.24) is 0 Å². The second-order valence-electron chi connectivity index (χ2n) is 4.67. The number of halogens is 1. The number of rotatable bonds is 4. The summed E-state index contributed by atoms with van der Waals surface area (Å²) >= 11 is 3.34. The van der Waals surface area contributed by atoms with E-state index in [-0.39, 0.29) is 6.61 Å². The molecule has 0 saturated carbocycles. The molecule has 0 bridgehead atoms. The number of esters is 1. The summed E-state index contributed by atoms with van der Waals surface area (Å²) in [6.45, 7) is 5.30. The van der Waals surface area contributed by atoms with Crippen LogP contribution in [0, 0.1) is 0 Å². The predicted octanol–water partition coefficient (Wildman–Crippen LogP) is 3.18. The van der Waals surface area contributed by atoms with Gasteiger partial charge in [-0.3, -0.25) is 0 Å². The number of carbonyl (C=O) groups excluding carboxylic acids is 1. The Labute approximate surface area is 115 Å². The van der Waals surface area contributed by atoms with Crippen LogP contribution < -0.4 is 9.47 Å². The second kappa shape index (κ2) is 6.09. The largest absolute Gasteiger partial charge is 0.497 e. The van der Waals surface area contributed by atoms with Gasteiger partial charge in [0.2, 0.25) is 0 Å². The Hall–Kier alpha value is -1.23.